The third-order valence-electron chi connectivity index (χ3n) is 6.50. The summed E-state index contributed by atoms with van der Waals surface area (Å²) in [5, 5.41) is 0. The molecule has 11 heteroatoms. The first-order valence-corrected chi connectivity index (χ1v) is 14.4. The molecule has 0 bridgehead atoms. The number of benzene rings is 2. The molecule has 11 nitrogen and oxygen atoms in total. The fourth-order valence-electron chi connectivity index (χ4n) is 4.12. The first-order valence-electron chi connectivity index (χ1n) is 14.4. The fraction of sp³-hybridized carbons (Fsp3) is 0.324. The van der Waals surface area contributed by atoms with Crippen LogP contribution in [0.5, 0.6) is 17.2 Å². The van der Waals surface area contributed by atoms with Crippen molar-refractivity contribution in [3.05, 3.63) is 84.5 Å². The highest BCUT2D eigenvalue weighted by molar-refractivity contribution is 5.94. The molecule has 1 fully saturated rings. The van der Waals surface area contributed by atoms with Gasteiger partial charge >= 0.3 is 29.8 Å². The van der Waals surface area contributed by atoms with Gasteiger partial charge in [0, 0.05) is 17.2 Å². The van der Waals surface area contributed by atoms with E-state index in [2.05, 4.69) is 17.9 Å². The van der Waals surface area contributed by atoms with Gasteiger partial charge < -0.3 is 28.4 Å². The molecule has 1 saturated carbocycles. The molecule has 0 aliphatic heterocycles. The third-order valence-corrected chi connectivity index (χ3v) is 6.50. The summed E-state index contributed by atoms with van der Waals surface area (Å²) in [4.78, 5) is 59.6. The van der Waals surface area contributed by atoms with Crippen LogP contribution in [0.2, 0.25) is 0 Å². The maximum Gasteiger partial charge on any atom is 0.339 e. The largest absolute Gasteiger partial charge is 0.490 e. The second kappa shape index (κ2) is 17.8. The zero-order valence-corrected chi connectivity index (χ0v) is 25.1. The van der Waals surface area contributed by atoms with Crippen LogP contribution in [0.1, 0.15) is 50.5 Å². The molecule has 1 aliphatic rings. The molecule has 0 N–H and O–H groups in total. The molecule has 1 aliphatic carbocycles. The van der Waals surface area contributed by atoms with E-state index >= 15 is 0 Å². The van der Waals surface area contributed by atoms with E-state index in [9.17, 15) is 24.0 Å². The summed E-state index contributed by atoms with van der Waals surface area (Å²) >= 11 is 0. The molecule has 0 spiro atoms. The van der Waals surface area contributed by atoms with Gasteiger partial charge in [0.2, 0.25) is 0 Å². The maximum atomic E-state index is 12.2. The molecule has 0 aromatic heterocycles. The fourth-order valence-corrected chi connectivity index (χ4v) is 4.12. The van der Waals surface area contributed by atoms with Crippen LogP contribution in [0.4, 0.5) is 0 Å². The minimum absolute atomic E-state index is 0.0306. The molecule has 238 valence electrons. The summed E-state index contributed by atoms with van der Waals surface area (Å²) in [6.45, 7) is 7.19. The van der Waals surface area contributed by atoms with Crippen LogP contribution in [0.25, 0.3) is 6.08 Å². The molecule has 0 unspecified atom stereocenters. The van der Waals surface area contributed by atoms with E-state index in [1.807, 2.05) is 0 Å². The van der Waals surface area contributed by atoms with Gasteiger partial charge in [-0.05, 0) is 73.7 Å². The predicted octanol–water partition coefficient (Wildman–Crippen LogP) is 5.07. The molecule has 2 aromatic rings. The molecular formula is C34H36O11. The van der Waals surface area contributed by atoms with Crippen LogP contribution in [0, 0.1) is 0 Å². The highest BCUT2D eigenvalue weighted by Gasteiger charge is 2.20. The first-order chi connectivity index (χ1) is 21.6. The lowest BCUT2D eigenvalue weighted by molar-refractivity contribution is -0.151. The van der Waals surface area contributed by atoms with E-state index in [1.165, 1.54) is 37.5 Å². The highest BCUT2D eigenvalue weighted by Crippen LogP contribution is 2.22. The van der Waals surface area contributed by atoms with Crippen molar-refractivity contribution in [2.75, 3.05) is 20.3 Å². The van der Waals surface area contributed by atoms with Gasteiger partial charge in [0.25, 0.3) is 0 Å². The van der Waals surface area contributed by atoms with Crippen molar-refractivity contribution in [2.45, 2.75) is 51.0 Å². The van der Waals surface area contributed by atoms with Crippen LogP contribution in [-0.4, -0.2) is 56.3 Å². The summed E-state index contributed by atoms with van der Waals surface area (Å²) in [7, 11) is 1.20. The lowest BCUT2D eigenvalue weighted by Crippen LogP contribution is -2.22. The summed E-state index contributed by atoms with van der Waals surface area (Å²) in [5.74, 6) is -2.24. The molecule has 3 rings (SSSR count). The van der Waals surface area contributed by atoms with Crippen LogP contribution < -0.4 is 14.2 Å². The smallest absolute Gasteiger partial charge is 0.339 e. The van der Waals surface area contributed by atoms with Crippen molar-refractivity contribution in [1.29, 1.82) is 0 Å². The van der Waals surface area contributed by atoms with Crippen molar-refractivity contribution in [3.8, 4) is 17.2 Å². The van der Waals surface area contributed by atoms with Crippen LogP contribution in [0.3, 0.4) is 0 Å². The van der Waals surface area contributed by atoms with Crippen molar-refractivity contribution in [2.24, 2.45) is 0 Å². The number of carbonyl (C=O) groups excluding carboxylic acids is 5. The molecule has 45 heavy (non-hydrogen) atoms. The third kappa shape index (κ3) is 12.5. The van der Waals surface area contributed by atoms with Crippen LogP contribution in [-0.2, 0) is 38.2 Å². The Labute approximate surface area is 261 Å². The minimum Gasteiger partial charge on any atom is -0.490 e. The number of methoxy groups -OCH3 is 1. The van der Waals surface area contributed by atoms with E-state index in [1.54, 1.807) is 30.3 Å². The normalized spacial score (nSPS) is 12.9. The van der Waals surface area contributed by atoms with Gasteiger partial charge in [0.15, 0.2) is 0 Å². The average molecular weight is 621 g/mol. The Hall–Kier alpha value is -5.19. The van der Waals surface area contributed by atoms with Crippen molar-refractivity contribution < 1.29 is 52.4 Å². The quantitative estimate of drug-likeness (QED) is 0.0866. The zero-order valence-electron chi connectivity index (χ0n) is 25.1. The second-order valence-corrected chi connectivity index (χ2v) is 10.1. The molecule has 2 aromatic carbocycles. The van der Waals surface area contributed by atoms with Crippen molar-refractivity contribution in [1.82, 2.24) is 0 Å². The molecular weight excluding hydrogens is 584 g/mol. The van der Waals surface area contributed by atoms with Gasteiger partial charge in [-0.2, -0.15) is 0 Å². The van der Waals surface area contributed by atoms with Gasteiger partial charge in [-0.1, -0.05) is 31.7 Å². The van der Waals surface area contributed by atoms with Gasteiger partial charge in [-0.25, -0.2) is 14.4 Å². The molecule has 0 atom stereocenters. The lowest BCUT2D eigenvalue weighted by atomic mass is 9.98. The first kappa shape index (κ1) is 34.3. The SMILES string of the molecule is C=C(CC(=O)OC1CCCCC1)C(=O)OCCOc1ccc(/C=C/C(=O)Oc2ccc(OC(=O)C(=C)CC(=O)OC)cc2)cc1. The summed E-state index contributed by atoms with van der Waals surface area (Å²) < 4.78 is 31.0. The number of ether oxygens (including phenoxy) is 6. The Bertz CT molecular complexity index is 1400. The van der Waals surface area contributed by atoms with Crippen molar-refractivity contribution >= 4 is 35.9 Å². The van der Waals surface area contributed by atoms with Crippen LogP contribution >= 0.6 is 0 Å². The maximum absolute atomic E-state index is 12.2. The standard InChI is InChI=1S/C34H36O11/c1-23(22-32(37)44-27-7-5-4-6-8-27)33(38)42-20-19-41-26-12-9-25(10-13-26)11-18-30(35)43-28-14-16-29(17-15-28)45-34(39)24(2)21-31(36)40-3/h9-18,27H,1-2,4-8,19-22H2,3H3/b18-11+. The van der Waals surface area contributed by atoms with E-state index < -0.39 is 29.8 Å². The van der Waals surface area contributed by atoms with E-state index in [-0.39, 0.29) is 54.8 Å². The summed E-state index contributed by atoms with van der Waals surface area (Å²) in [5.41, 5.74) is 0.677. The molecule has 0 radical (unpaired) electrons. The Morgan fingerprint density at radius 2 is 1.31 bits per heavy atom. The average Bonchev–Trinajstić information content (AvgIpc) is 3.03. The lowest BCUT2D eigenvalue weighted by Gasteiger charge is -2.21. The molecule has 0 amide bonds. The Balaban J connectivity index is 1.34. The Kier molecular flexibility index (Phi) is 13.6. The molecule has 0 heterocycles. The zero-order chi connectivity index (χ0) is 32.6. The molecule has 0 saturated heterocycles. The van der Waals surface area contributed by atoms with Gasteiger partial charge in [0.1, 0.15) is 36.6 Å². The van der Waals surface area contributed by atoms with E-state index in [4.69, 9.17) is 23.7 Å². The monoisotopic (exact) mass is 620 g/mol. The number of esters is 5. The van der Waals surface area contributed by atoms with E-state index in [0.29, 0.717) is 11.3 Å². The van der Waals surface area contributed by atoms with Crippen molar-refractivity contribution in [3.63, 3.8) is 0 Å². The Morgan fingerprint density at radius 3 is 1.96 bits per heavy atom. The number of carbonyl (C=O) groups is 5. The summed E-state index contributed by atoms with van der Waals surface area (Å²) in [6, 6.07) is 12.6. The number of rotatable bonds is 15. The van der Waals surface area contributed by atoms with Gasteiger partial charge in [0.05, 0.1) is 20.0 Å². The van der Waals surface area contributed by atoms with Crippen LogP contribution in [0.15, 0.2) is 78.9 Å². The van der Waals surface area contributed by atoms with Gasteiger partial charge in [-0.15, -0.1) is 0 Å². The van der Waals surface area contributed by atoms with E-state index in [0.717, 1.165) is 32.1 Å². The number of hydrogen-bond acceptors (Lipinski definition) is 11. The topological polar surface area (TPSA) is 141 Å². The minimum atomic E-state index is -0.778. The highest BCUT2D eigenvalue weighted by atomic mass is 16.6. The number of hydrogen-bond donors (Lipinski definition) is 0. The second-order valence-electron chi connectivity index (χ2n) is 10.1. The van der Waals surface area contributed by atoms with Gasteiger partial charge in [-0.3, -0.25) is 9.59 Å². The predicted molar refractivity (Wildman–Crippen MR) is 162 cm³/mol. The Morgan fingerprint density at radius 1 is 0.733 bits per heavy atom. The summed E-state index contributed by atoms with van der Waals surface area (Å²) in [6.07, 6.45) is 7.15.